The molecule has 0 saturated heterocycles. The molecule has 0 aliphatic heterocycles. The van der Waals surface area contributed by atoms with Crippen molar-refractivity contribution in [1.82, 2.24) is 0 Å². The Bertz CT molecular complexity index is 754. The Hall–Kier alpha value is -2.34. The van der Waals surface area contributed by atoms with E-state index in [1.165, 1.54) is 24.3 Å². The van der Waals surface area contributed by atoms with Crippen LogP contribution in [0.15, 0.2) is 53.4 Å². The Morgan fingerprint density at radius 1 is 1.14 bits per heavy atom. The highest BCUT2D eigenvalue weighted by molar-refractivity contribution is 7.92. The fourth-order valence-corrected chi connectivity index (χ4v) is 2.97. The first-order chi connectivity index (χ1) is 9.88. The van der Waals surface area contributed by atoms with Crippen LogP contribution in [0.2, 0.25) is 0 Å². The molecule has 0 radical (unpaired) electrons. The minimum absolute atomic E-state index is 0.113. The highest BCUT2D eigenvalue weighted by Crippen LogP contribution is 2.20. The van der Waals surface area contributed by atoms with Crippen LogP contribution in [0.5, 0.6) is 5.75 Å². The highest BCUT2D eigenvalue weighted by Gasteiger charge is 2.19. The third-order valence-electron chi connectivity index (χ3n) is 2.90. The predicted molar refractivity (Wildman–Crippen MR) is 80.0 cm³/mol. The number of phenols is 1. The molecule has 0 fully saturated rings. The average molecular weight is 305 g/mol. The molecule has 0 aromatic heterocycles. The Morgan fingerprint density at radius 3 is 2.43 bits per heavy atom. The number of nitrogens with one attached hydrogen (secondary N) is 1. The SMILES string of the molecule is Cc1cc(NC(=O)CS(=O)(=O)c2ccccc2)ccc1O. The molecule has 6 heteroatoms. The fourth-order valence-electron chi connectivity index (χ4n) is 1.81. The zero-order valence-corrected chi connectivity index (χ0v) is 12.2. The topological polar surface area (TPSA) is 83.5 Å². The van der Waals surface area contributed by atoms with Crippen molar-refractivity contribution >= 4 is 21.4 Å². The van der Waals surface area contributed by atoms with Gasteiger partial charge in [-0.15, -0.1) is 0 Å². The summed E-state index contributed by atoms with van der Waals surface area (Å²) in [5.41, 5.74) is 1.04. The van der Waals surface area contributed by atoms with Gasteiger partial charge >= 0.3 is 0 Å². The van der Waals surface area contributed by atoms with Crippen molar-refractivity contribution in [1.29, 1.82) is 0 Å². The minimum atomic E-state index is -3.66. The number of anilines is 1. The molecule has 5 nitrogen and oxygen atoms in total. The van der Waals surface area contributed by atoms with E-state index in [0.717, 1.165) is 0 Å². The summed E-state index contributed by atoms with van der Waals surface area (Å²) in [5, 5.41) is 11.9. The van der Waals surface area contributed by atoms with Gasteiger partial charge in [-0.05, 0) is 42.8 Å². The van der Waals surface area contributed by atoms with E-state index in [-0.39, 0.29) is 10.6 Å². The maximum atomic E-state index is 12.1. The number of hydrogen-bond donors (Lipinski definition) is 2. The Balaban J connectivity index is 2.10. The molecule has 0 unspecified atom stereocenters. The molecule has 2 rings (SSSR count). The third-order valence-corrected chi connectivity index (χ3v) is 4.54. The zero-order valence-electron chi connectivity index (χ0n) is 11.4. The van der Waals surface area contributed by atoms with E-state index in [4.69, 9.17) is 0 Å². The van der Waals surface area contributed by atoms with Crippen molar-refractivity contribution in [3.8, 4) is 5.75 Å². The lowest BCUT2D eigenvalue weighted by Crippen LogP contribution is -2.23. The van der Waals surface area contributed by atoms with Crippen molar-refractivity contribution < 1.29 is 18.3 Å². The standard InChI is InChI=1S/C15H15NO4S/c1-11-9-12(7-8-14(11)17)16-15(18)10-21(19,20)13-5-3-2-4-6-13/h2-9,17H,10H2,1H3,(H,16,18). The number of carbonyl (C=O) groups is 1. The van der Waals surface area contributed by atoms with Crippen LogP contribution in [-0.4, -0.2) is 25.2 Å². The van der Waals surface area contributed by atoms with Gasteiger partial charge in [0.05, 0.1) is 4.90 Å². The van der Waals surface area contributed by atoms with E-state index >= 15 is 0 Å². The minimum Gasteiger partial charge on any atom is -0.508 e. The molecule has 21 heavy (non-hydrogen) atoms. The van der Waals surface area contributed by atoms with E-state index in [1.807, 2.05) is 0 Å². The number of hydrogen-bond acceptors (Lipinski definition) is 4. The molecule has 0 saturated carbocycles. The van der Waals surface area contributed by atoms with Gasteiger partial charge < -0.3 is 10.4 Å². The Labute approximate surface area is 123 Å². The van der Waals surface area contributed by atoms with Crippen LogP contribution in [0.1, 0.15) is 5.56 Å². The number of aromatic hydroxyl groups is 1. The summed E-state index contributed by atoms with van der Waals surface area (Å²) in [6.45, 7) is 1.69. The molecule has 1 amide bonds. The van der Waals surface area contributed by atoms with Gasteiger partial charge in [-0.1, -0.05) is 18.2 Å². The van der Waals surface area contributed by atoms with Gasteiger partial charge in [0.25, 0.3) is 0 Å². The molecule has 0 spiro atoms. The van der Waals surface area contributed by atoms with Crippen LogP contribution in [-0.2, 0) is 14.6 Å². The van der Waals surface area contributed by atoms with E-state index in [2.05, 4.69) is 5.32 Å². The Kier molecular flexibility index (Phi) is 4.28. The van der Waals surface area contributed by atoms with Crippen LogP contribution in [0.25, 0.3) is 0 Å². The summed E-state index contributed by atoms with van der Waals surface area (Å²) >= 11 is 0. The number of amides is 1. The molecule has 0 heterocycles. The number of rotatable bonds is 4. The lowest BCUT2D eigenvalue weighted by Gasteiger charge is -2.08. The average Bonchev–Trinajstić information content (AvgIpc) is 2.43. The highest BCUT2D eigenvalue weighted by atomic mass is 32.2. The van der Waals surface area contributed by atoms with Crippen LogP contribution in [0.4, 0.5) is 5.69 Å². The van der Waals surface area contributed by atoms with Gasteiger partial charge in [0, 0.05) is 5.69 Å². The maximum Gasteiger partial charge on any atom is 0.239 e. The van der Waals surface area contributed by atoms with E-state index in [1.54, 1.807) is 31.2 Å². The van der Waals surface area contributed by atoms with Crippen molar-refractivity contribution in [2.45, 2.75) is 11.8 Å². The van der Waals surface area contributed by atoms with Gasteiger partial charge in [-0.3, -0.25) is 4.79 Å². The summed E-state index contributed by atoms with van der Waals surface area (Å²) in [7, 11) is -3.66. The van der Waals surface area contributed by atoms with Gasteiger partial charge in [0.2, 0.25) is 5.91 Å². The summed E-state index contributed by atoms with van der Waals surface area (Å²) < 4.78 is 24.1. The first-order valence-corrected chi connectivity index (χ1v) is 7.91. The van der Waals surface area contributed by atoms with E-state index < -0.39 is 21.5 Å². The lowest BCUT2D eigenvalue weighted by molar-refractivity contribution is -0.113. The molecule has 0 aliphatic carbocycles. The second kappa shape index (κ2) is 5.97. The molecular weight excluding hydrogens is 290 g/mol. The van der Waals surface area contributed by atoms with Gasteiger partial charge in [-0.2, -0.15) is 0 Å². The summed E-state index contributed by atoms with van der Waals surface area (Å²) in [4.78, 5) is 12.0. The normalized spacial score (nSPS) is 11.1. The van der Waals surface area contributed by atoms with Crippen LogP contribution in [0.3, 0.4) is 0 Å². The molecule has 2 aromatic rings. The van der Waals surface area contributed by atoms with Crippen LogP contribution >= 0.6 is 0 Å². The van der Waals surface area contributed by atoms with Crippen molar-refractivity contribution in [3.05, 3.63) is 54.1 Å². The fraction of sp³-hybridized carbons (Fsp3) is 0.133. The number of aryl methyl sites for hydroxylation is 1. The van der Waals surface area contributed by atoms with Crippen molar-refractivity contribution in [3.63, 3.8) is 0 Å². The second-order valence-electron chi connectivity index (χ2n) is 4.62. The van der Waals surface area contributed by atoms with Crippen LogP contribution in [0, 0.1) is 6.92 Å². The second-order valence-corrected chi connectivity index (χ2v) is 6.61. The number of phenolic OH excluding ortho intramolecular Hbond substituents is 1. The maximum absolute atomic E-state index is 12.1. The third kappa shape index (κ3) is 3.82. The number of carbonyl (C=O) groups excluding carboxylic acids is 1. The number of benzene rings is 2. The zero-order chi connectivity index (χ0) is 15.5. The van der Waals surface area contributed by atoms with Crippen molar-refractivity contribution in [2.75, 3.05) is 11.1 Å². The summed E-state index contributed by atoms with van der Waals surface area (Å²) in [6.07, 6.45) is 0. The van der Waals surface area contributed by atoms with Gasteiger partial charge in [-0.25, -0.2) is 8.42 Å². The smallest absolute Gasteiger partial charge is 0.239 e. The largest absolute Gasteiger partial charge is 0.508 e. The quantitative estimate of drug-likeness (QED) is 0.847. The predicted octanol–water partition coefficient (Wildman–Crippen LogP) is 2.11. The number of sulfone groups is 1. The lowest BCUT2D eigenvalue weighted by atomic mass is 10.2. The first-order valence-electron chi connectivity index (χ1n) is 6.26. The van der Waals surface area contributed by atoms with E-state index in [9.17, 15) is 18.3 Å². The molecule has 0 atom stereocenters. The summed E-state index contributed by atoms with van der Waals surface area (Å²) in [5.74, 6) is -1.13. The van der Waals surface area contributed by atoms with Gasteiger partial charge in [0.15, 0.2) is 9.84 Å². The van der Waals surface area contributed by atoms with Crippen LogP contribution < -0.4 is 5.32 Å². The molecule has 2 N–H and O–H groups in total. The molecule has 0 aliphatic rings. The molecular formula is C15H15NO4S. The molecule has 2 aromatic carbocycles. The van der Waals surface area contributed by atoms with Crippen molar-refractivity contribution in [2.24, 2.45) is 0 Å². The summed E-state index contributed by atoms with van der Waals surface area (Å²) in [6, 6.07) is 12.3. The first kappa shape index (κ1) is 15.1. The molecule has 0 bridgehead atoms. The molecule has 110 valence electrons. The van der Waals surface area contributed by atoms with E-state index in [0.29, 0.717) is 11.3 Å². The monoisotopic (exact) mass is 305 g/mol. The Morgan fingerprint density at radius 2 is 1.81 bits per heavy atom. The van der Waals surface area contributed by atoms with Gasteiger partial charge in [0.1, 0.15) is 11.5 Å².